The zero-order valence-electron chi connectivity index (χ0n) is 11.5. The van der Waals surface area contributed by atoms with Gasteiger partial charge in [0.1, 0.15) is 11.6 Å². The molecule has 2 aromatic rings. The molecule has 0 aliphatic heterocycles. The first-order valence-electron chi connectivity index (χ1n) is 6.48. The quantitative estimate of drug-likeness (QED) is 0.631. The summed E-state index contributed by atoms with van der Waals surface area (Å²) in [7, 11) is 0. The number of nitrogens with one attached hydrogen (secondary N) is 2. The Morgan fingerprint density at radius 1 is 1.24 bits per heavy atom. The molecule has 1 heterocycles. The van der Waals surface area contributed by atoms with Gasteiger partial charge in [0.15, 0.2) is 0 Å². The van der Waals surface area contributed by atoms with Gasteiger partial charge in [-0.05, 0) is 19.1 Å². The topological polar surface area (TPSA) is 80.1 Å². The summed E-state index contributed by atoms with van der Waals surface area (Å²) in [6.07, 6.45) is 0. The molecule has 0 atom stereocenters. The number of pyridine rings is 1. The minimum absolute atomic E-state index is 0.113. The minimum Gasteiger partial charge on any atom is -0.370 e. The lowest BCUT2D eigenvalue weighted by Crippen LogP contribution is -2.08. The Bertz CT molecular complexity index is 649. The molecule has 0 aliphatic rings. The number of hydrogen-bond donors (Lipinski definition) is 2. The van der Waals surface area contributed by atoms with Crippen LogP contribution in [0.25, 0.3) is 0 Å². The van der Waals surface area contributed by atoms with Crippen LogP contribution in [0.2, 0.25) is 0 Å². The highest BCUT2D eigenvalue weighted by Gasteiger charge is 2.16. The van der Waals surface area contributed by atoms with E-state index in [1.807, 2.05) is 6.92 Å². The summed E-state index contributed by atoms with van der Waals surface area (Å²) in [5.41, 5.74) is 0.274. The Hall–Kier alpha value is -2.70. The molecular formula is C14H15FN4O2. The second-order valence-corrected chi connectivity index (χ2v) is 4.30. The van der Waals surface area contributed by atoms with E-state index < -0.39 is 4.92 Å². The highest BCUT2D eigenvalue weighted by atomic mass is 19.1. The van der Waals surface area contributed by atoms with Crippen LogP contribution >= 0.6 is 0 Å². The number of nitro groups is 1. The highest BCUT2D eigenvalue weighted by Crippen LogP contribution is 2.24. The SMILES string of the molecule is CCNc1ccc([N+](=O)[O-])c(NCc2ccccc2F)n1. The maximum absolute atomic E-state index is 13.5. The maximum Gasteiger partial charge on any atom is 0.311 e. The van der Waals surface area contributed by atoms with Gasteiger partial charge in [-0.2, -0.15) is 0 Å². The average Bonchev–Trinajstić information content (AvgIpc) is 2.46. The van der Waals surface area contributed by atoms with E-state index in [0.29, 0.717) is 17.9 Å². The third-order valence-corrected chi connectivity index (χ3v) is 2.83. The largest absolute Gasteiger partial charge is 0.370 e. The number of aromatic nitrogens is 1. The van der Waals surface area contributed by atoms with E-state index >= 15 is 0 Å². The number of hydrogen-bond acceptors (Lipinski definition) is 5. The van der Waals surface area contributed by atoms with Gasteiger partial charge in [0.25, 0.3) is 0 Å². The van der Waals surface area contributed by atoms with Gasteiger partial charge in [-0.1, -0.05) is 18.2 Å². The second-order valence-electron chi connectivity index (χ2n) is 4.30. The smallest absolute Gasteiger partial charge is 0.311 e. The van der Waals surface area contributed by atoms with Crippen molar-refractivity contribution in [2.45, 2.75) is 13.5 Å². The van der Waals surface area contributed by atoms with E-state index in [4.69, 9.17) is 0 Å². The lowest BCUT2D eigenvalue weighted by Gasteiger charge is -2.09. The van der Waals surface area contributed by atoms with Crippen LogP contribution in [0.4, 0.5) is 21.7 Å². The molecule has 110 valence electrons. The fourth-order valence-electron chi connectivity index (χ4n) is 1.83. The van der Waals surface area contributed by atoms with Gasteiger partial charge in [-0.15, -0.1) is 0 Å². The van der Waals surface area contributed by atoms with E-state index in [1.54, 1.807) is 18.2 Å². The van der Waals surface area contributed by atoms with Crippen LogP contribution in [-0.4, -0.2) is 16.5 Å². The lowest BCUT2D eigenvalue weighted by molar-refractivity contribution is -0.384. The average molecular weight is 290 g/mol. The van der Waals surface area contributed by atoms with E-state index in [0.717, 1.165) is 0 Å². The van der Waals surface area contributed by atoms with Gasteiger partial charge in [0, 0.05) is 24.7 Å². The Kier molecular flexibility index (Phi) is 4.65. The van der Waals surface area contributed by atoms with E-state index in [-0.39, 0.29) is 23.9 Å². The molecule has 0 saturated carbocycles. The van der Waals surface area contributed by atoms with Gasteiger partial charge in [-0.25, -0.2) is 9.37 Å². The number of rotatable bonds is 6. The molecule has 0 aliphatic carbocycles. The van der Waals surface area contributed by atoms with Crippen molar-refractivity contribution in [3.05, 3.63) is 57.9 Å². The summed E-state index contributed by atoms with van der Waals surface area (Å²) in [6.45, 7) is 2.67. The Morgan fingerprint density at radius 3 is 2.67 bits per heavy atom. The Balaban J connectivity index is 2.22. The molecule has 21 heavy (non-hydrogen) atoms. The number of anilines is 2. The molecule has 0 spiro atoms. The van der Waals surface area contributed by atoms with Crippen molar-refractivity contribution in [2.75, 3.05) is 17.2 Å². The van der Waals surface area contributed by atoms with E-state index in [9.17, 15) is 14.5 Å². The number of halogens is 1. The molecule has 2 N–H and O–H groups in total. The predicted molar refractivity (Wildman–Crippen MR) is 78.8 cm³/mol. The first-order chi connectivity index (χ1) is 10.1. The Labute approximate surface area is 121 Å². The third-order valence-electron chi connectivity index (χ3n) is 2.83. The molecule has 7 heteroatoms. The van der Waals surface area contributed by atoms with Crippen molar-refractivity contribution in [2.24, 2.45) is 0 Å². The van der Waals surface area contributed by atoms with Crippen molar-refractivity contribution in [3.8, 4) is 0 Å². The molecule has 0 radical (unpaired) electrons. The first-order valence-corrected chi connectivity index (χ1v) is 6.48. The van der Waals surface area contributed by atoms with Crippen molar-refractivity contribution in [3.63, 3.8) is 0 Å². The Morgan fingerprint density at radius 2 is 2.00 bits per heavy atom. The third kappa shape index (κ3) is 3.65. The molecule has 2 rings (SSSR count). The summed E-state index contributed by atoms with van der Waals surface area (Å²) >= 11 is 0. The monoisotopic (exact) mass is 290 g/mol. The molecular weight excluding hydrogens is 275 g/mol. The molecule has 0 bridgehead atoms. The molecule has 6 nitrogen and oxygen atoms in total. The van der Waals surface area contributed by atoms with E-state index in [1.165, 1.54) is 18.2 Å². The van der Waals surface area contributed by atoms with Gasteiger partial charge in [0.2, 0.25) is 5.82 Å². The van der Waals surface area contributed by atoms with Crippen molar-refractivity contribution < 1.29 is 9.31 Å². The van der Waals surface area contributed by atoms with Gasteiger partial charge >= 0.3 is 5.69 Å². The standard InChI is InChI=1S/C14H15FN4O2/c1-2-16-13-8-7-12(19(20)21)14(18-13)17-9-10-5-3-4-6-11(10)15/h3-8H,2,9H2,1H3,(H2,16,17,18). The fourth-order valence-corrected chi connectivity index (χ4v) is 1.83. The van der Waals surface area contributed by atoms with Crippen LogP contribution in [0.3, 0.4) is 0 Å². The summed E-state index contributed by atoms with van der Waals surface area (Å²) < 4.78 is 13.5. The molecule has 1 aromatic carbocycles. The second kappa shape index (κ2) is 6.65. The normalized spacial score (nSPS) is 10.2. The highest BCUT2D eigenvalue weighted by molar-refractivity contribution is 5.60. The van der Waals surface area contributed by atoms with Gasteiger partial charge < -0.3 is 10.6 Å². The summed E-state index contributed by atoms with van der Waals surface area (Å²) in [5.74, 6) is 0.274. The zero-order valence-corrected chi connectivity index (χ0v) is 11.5. The van der Waals surface area contributed by atoms with Crippen LogP contribution < -0.4 is 10.6 Å². The van der Waals surface area contributed by atoms with Crippen LogP contribution in [0.5, 0.6) is 0 Å². The van der Waals surface area contributed by atoms with Crippen molar-refractivity contribution in [1.82, 2.24) is 4.98 Å². The van der Waals surface area contributed by atoms with Crippen LogP contribution in [0.15, 0.2) is 36.4 Å². The van der Waals surface area contributed by atoms with Crippen molar-refractivity contribution in [1.29, 1.82) is 0 Å². The predicted octanol–water partition coefficient (Wildman–Crippen LogP) is 3.17. The molecule has 1 aromatic heterocycles. The fraction of sp³-hybridized carbons (Fsp3) is 0.214. The van der Waals surface area contributed by atoms with Crippen LogP contribution in [0.1, 0.15) is 12.5 Å². The van der Waals surface area contributed by atoms with Crippen LogP contribution in [0, 0.1) is 15.9 Å². The number of benzene rings is 1. The molecule has 0 saturated heterocycles. The van der Waals surface area contributed by atoms with Crippen molar-refractivity contribution >= 4 is 17.3 Å². The summed E-state index contributed by atoms with van der Waals surface area (Å²) in [6, 6.07) is 9.16. The van der Waals surface area contributed by atoms with Crippen LogP contribution in [-0.2, 0) is 6.54 Å². The summed E-state index contributed by atoms with van der Waals surface area (Å²) in [5, 5.41) is 16.8. The summed E-state index contributed by atoms with van der Waals surface area (Å²) in [4.78, 5) is 14.6. The zero-order chi connectivity index (χ0) is 15.2. The van der Waals surface area contributed by atoms with Gasteiger partial charge in [0.05, 0.1) is 4.92 Å². The molecule has 0 fully saturated rings. The minimum atomic E-state index is -0.521. The molecule has 0 amide bonds. The first kappa shape index (κ1) is 14.7. The lowest BCUT2D eigenvalue weighted by atomic mass is 10.2. The maximum atomic E-state index is 13.5. The van der Waals surface area contributed by atoms with E-state index in [2.05, 4.69) is 15.6 Å². The molecule has 0 unspecified atom stereocenters. The number of nitrogens with zero attached hydrogens (tertiary/aromatic N) is 2. The van der Waals surface area contributed by atoms with Gasteiger partial charge in [-0.3, -0.25) is 10.1 Å².